The number of nitrogens with zero attached hydrogens (tertiary/aromatic N) is 1. The molecule has 1 atom stereocenters. The summed E-state index contributed by atoms with van der Waals surface area (Å²) in [5, 5.41) is 2.77. The van der Waals surface area contributed by atoms with Crippen LogP contribution in [0.3, 0.4) is 0 Å². The average molecular weight is 184 g/mol. The number of aryl methyl sites for hydroxylation is 1. The van der Waals surface area contributed by atoms with E-state index >= 15 is 0 Å². The first-order chi connectivity index (χ1) is 5.65. The lowest BCUT2D eigenvalue weighted by Gasteiger charge is -2.05. The summed E-state index contributed by atoms with van der Waals surface area (Å²) in [6.45, 7) is 3.85. The van der Waals surface area contributed by atoms with Gasteiger partial charge in [-0.05, 0) is 13.3 Å². The molecule has 0 fully saturated rings. The molecule has 12 heavy (non-hydrogen) atoms. The van der Waals surface area contributed by atoms with Crippen molar-refractivity contribution in [3.63, 3.8) is 0 Å². The molecule has 0 spiro atoms. The highest BCUT2D eigenvalue weighted by atomic mass is 32.1. The zero-order valence-corrected chi connectivity index (χ0v) is 8.02. The number of thiazole rings is 1. The van der Waals surface area contributed by atoms with Gasteiger partial charge in [-0.3, -0.25) is 4.79 Å². The molecular weight excluding hydrogens is 172 g/mol. The molecule has 1 unspecified atom stereocenters. The average Bonchev–Trinajstić information content (AvgIpc) is 2.37. The predicted molar refractivity (Wildman–Crippen MR) is 49.1 cm³/mol. The van der Waals surface area contributed by atoms with Crippen LogP contribution in [0.2, 0.25) is 0 Å². The number of carbonyl (C=O) groups is 1. The Bertz CT molecular complexity index is 282. The lowest BCUT2D eigenvalue weighted by Crippen LogP contribution is -2.20. The molecule has 0 radical (unpaired) electrons. The van der Waals surface area contributed by atoms with Gasteiger partial charge in [0.2, 0.25) is 5.91 Å². The fraction of sp³-hybridized carbons (Fsp3) is 0.500. The summed E-state index contributed by atoms with van der Waals surface area (Å²) in [7, 11) is 0. The largest absolute Gasteiger partial charge is 0.369 e. The van der Waals surface area contributed by atoms with E-state index < -0.39 is 0 Å². The van der Waals surface area contributed by atoms with Crippen LogP contribution in [0.15, 0.2) is 5.38 Å². The molecule has 1 aromatic rings. The van der Waals surface area contributed by atoms with E-state index in [9.17, 15) is 4.79 Å². The lowest BCUT2D eigenvalue weighted by atomic mass is 10.1. The Morgan fingerprint density at radius 3 is 2.83 bits per heavy atom. The van der Waals surface area contributed by atoms with Gasteiger partial charge in [0, 0.05) is 11.1 Å². The van der Waals surface area contributed by atoms with Gasteiger partial charge in [0.15, 0.2) is 0 Å². The minimum atomic E-state index is -0.285. The van der Waals surface area contributed by atoms with Crippen LogP contribution < -0.4 is 5.73 Å². The number of primary amides is 1. The van der Waals surface area contributed by atoms with Gasteiger partial charge in [-0.2, -0.15) is 0 Å². The van der Waals surface area contributed by atoms with Crippen molar-refractivity contribution in [3.8, 4) is 0 Å². The number of amides is 1. The van der Waals surface area contributed by atoms with Crippen molar-refractivity contribution < 1.29 is 4.79 Å². The summed E-state index contributed by atoms with van der Waals surface area (Å²) in [5.41, 5.74) is 6.17. The van der Waals surface area contributed by atoms with E-state index in [0.29, 0.717) is 0 Å². The van der Waals surface area contributed by atoms with Gasteiger partial charge in [0.25, 0.3) is 0 Å². The van der Waals surface area contributed by atoms with Gasteiger partial charge < -0.3 is 5.73 Å². The van der Waals surface area contributed by atoms with E-state index in [1.54, 1.807) is 0 Å². The molecule has 0 aliphatic rings. The van der Waals surface area contributed by atoms with Crippen LogP contribution in [0.1, 0.15) is 30.0 Å². The molecule has 0 saturated heterocycles. The normalized spacial score (nSPS) is 12.8. The summed E-state index contributed by atoms with van der Waals surface area (Å²) in [4.78, 5) is 15.1. The molecule has 1 aromatic heterocycles. The zero-order valence-electron chi connectivity index (χ0n) is 7.20. The second kappa shape index (κ2) is 3.67. The lowest BCUT2D eigenvalue weighted by molar-refractivity contribution is -0.119. The van der Waals surface area contributed by atoms with Gasteiger partial charge in [-0.25, -0.2) is 4.98 Å². The highest BCUT2D eigenvalue weighted by Crippen LogP contribution is 2.22. The quantitative estimate of drug-likeness (QED) is 0.772. The first-order valence-corrected chi connectivity index (χ1v) is 4.74. The molecule has 0 saturated carbocycles. The van der Waals surface area contributed by atoms with E-state index in [2.05, 4.69) is 4.98 Å². The highest BCUT2D eigenvalue weighted by Gasteiger charge is 2.18. The Kier molecular flexibility index (Phi) is 2.81. The van der Waals surface area contributed by atoms with Crippen molar-refractivity contribution >= 4 is 17.2 Å². The maximum Gasteiger partial charge on any atom is 0.227 e. The Labute approximate surface area is 75.6 Å². The van der Waals surface area contributed by atoms with Gasteiger partial charge in [-0.1, -0.05) is 6.92 Å². The third-order valence-corrected chi connectivity index (χ3v) is 2.76. The van der Waals surface area contributed by atoms with Crippen LogP contribution in [0.4, 0.5) is 0 Å². The fourth-order valence-corrected chi connectivity index (χ4v) is 2.02. The second-order valence-corrected chi connectivity index (χ2v) is 3.58. The summed E-state index contributed by atoms with van der Waals surface area (Å²) in [5.74, 6) is -0.490. The topological polar surface area (TPSA) is 56.0 Å². The van der Waals surface area contributed by atoms with E-state index in [1.165, 1.54) is 11.3 Å². The van der Waals surface area contributed by atoms with E-state index in [4.69, 9.17) is 5.73 Å². The Morgan fingerprint density at radius 2 is 2.50 bits per heavy atom. The van der Waals surface area contributed by atoms with Crippen LogP contribution in [0.5, 0.6) is 0 Å². The van der Waals surface area contributed by atoms with E-state index in [0.717, 1.165) is 17.1 Å². The smallest absolute Gasteiger partial charge is 0.227 e. The SMILES string of the molecule is CCC(C(N)=O)c1nc(C)cs1. The third-order valence-electron chi connectivity index (χ3n) is 1.69. The van der Waals surface area contributed by atoms with Crippen molar-refractivity contribution in [2.45, 2.75) is 26.2 Å². The molecular formula is C8H12N2OS. The Morgan fingerprint density at radius 1 is 1.83 bits per heavy atom. The van der Waals surface area contributed by atoms with Gasteiger partial charge in [-0.15, -0.1) is 11.3 Å². The monoisotopic (exact) mass is 184 g/mol. The molecule has 4 heteroatoms. The number of hydrogen-bond donors (Lipinski definition) is 1. The summed E-state index contributed by atoms with van der Waals surface area (Å²) >= 11 is 1.50. The molecule has 0 bridgehead atoms. The minimum absolute atomic E-state index is 0.205. The molecule has 0 aromatic carbocycles. The molecule has 0 aliphatic heterocycles. The molecule has 3 nitrogen and oxygen atoms in total. The Balaban J connectivity index is 2.87. The number of aromatic nitrogens is 1. The van der Waals surface area contributed by atoms with Gasteiger partial charge in [0.05, 0.1) is 5.92 Å². The van der Waals surface area contributed by atoms with Crippen LogP contribution in [0.25, 0.3) is 0 Å². The first-order valence-electron chi connectivity index (χ1n) is 3.86. The van der Waals surface area contributed by atoms with Crippen LogP contribution in [-0.4, -0.2) is 10.9 Å². The van der Waals surface area contributed by atoms with Gasteiger partial charge >= 0.3 is 0 Å². The maximum absolute atomic E-state index is 10.9. The molecule has 0 aliphatic carbocycles. The minimum Gasteiger partial charge on any atom is -0.369 e. The molecule has 1 heterocycles. The summed E-state index contributed by atoms with van der Waals surface area (Å²) < 4.78 is 0. The predicted octanol–water partition coefficient (Wildman–Crippen LogP) is 1.43. The van der Waals surface area contributed by atoms with E-state index in [-0.39, 0.29) is 11.8 Å². The van der Waals surface area contributed by atoms with Crippen LogP contribution in [-0.2, 0) is 4.79 Å². The number of hydrogen-bond acceptors (Lipinski definition) is 3. The molecule has 1 rings (SSSR count). The molecule has 1 amide bonds. The van der Waals surface area contributed by atoms with Crippen molar-refractivity contribution in [2.75, 3.05) is 0 Å². The van der Waals surface area contributed by atoms with Crippen LogP contribution >= 0.6 is 11.3 Å². The third kappa shape index (κ3) is 1.82. The van der Waals surface area contributed by atoms with Crippen molar-refractivity contribution in [3.05, 3.63) is 16.1 Å². The standard InChI is InChI=1S/C8H12N2OS/c1-3-6(7(9)11)8-10-5(2)4-12-8/h4,6H,3H2,1-2H3,(H2,9,11). The number of carbonyl (C=O) groups excluding carboxylic acids is 1. The van der Waals surface area contributed by atoms with Crippen molar-refractivity contribution in [1.82, 2.24) is 4.98 Å². The summed E-state index contributed by atoms with van der Waals surface area (Å²) in [6.07, 6.45) is 0.724. The first kappa shape index (κ1) is 9.19. The fourth-order valence-electron chi connectivity index (χ4n) is 1.03. The van der Waals surface area contributed by atoms with Crippen molar-refractivity contribution in [1.29, 1.82) is 0 Å². The zero-order chi connectivity index (χ0) is 9.14. The van der Waals surface area contributed by atoms with Crippen molar-refractivity contribution in [2.24, 2.45) is 5.73 Å². The second-order valence-electron chi connectivity index (χ2n) is 2.69. The Hall–Kier alpha value is -0.900. The molecule has 2 N–H and O–H groups in total. The van der Waals surface area contributed by atoms with Crippen LogP contribution in [0, 0.1) is 6.92 Å². The number of rotatable bonds is 3. The highest BCUT2D eigenvalue weighted by molar-refractivity contribution is 7.09. The summed E-state index contributed by atoms with van der Waals surface area (Å²) in [6, 6.07) is 0. The van der Waals surface area contributed by atoms with E-state index in [1.807, 2.05) is 19.2 Å². The number of nitrogens with two attached hydrogens (primary N) is 1. The molecule has 66 valence electrons. The van der Waals surface area contributed by atoms with Gasteiger partial charge in [0.1, 0.15) is 5.01 Å². The maximum atomic E-state index is 10.9.